The Labute approximate surface area is 115 Å². The van der Waals surface area contributed by atoms with Gasteiger partial charge in [-0.15, -0.1) is 0 Å². The maximum Gasteiger partial charge on any atom is 0.133 e. The molecule has 0 aliphatic rings. The second-order valence-electron chi connectivity index (χ2n) is 5.32. The Morgan fingerprint density at radius 3 is 2.47 bits per heavy atom. The number of pyridine rings is 1. The molecule has 0 saturated carbocycles. The summed E-state index contributed by atoms with van der Waals surface area (Å²) < 4.78 is 1.07. The number of hydrogen-bond acceptors (Lipinski definition) is 1. The van der Waals surface area contributed by atoms with Gasteiger partial charge in [-0.2, -0.15) is 0 Å². The summed E-state index contributed by atoms with van der Waals surface area (Å²) in [7, 11) is 0. The Kier molecular flexibility index (Phi) is 3.21. The molecule has 1 aromatic carbocycles. The third-order valence-electron chi connectivity index (χ3n) is 2.94. The van der Waals surface area contributed by atoms with E-state index in [0.717, 1.165) is 26.5 Å². The minimum Gasteiger partial charge on any atom is -0.235 e. The zero-order chi connectivity index (χ0) is 12.8. The van der Waals surface area contributed by atoms with Gasteiger partial charge in [0.1, 0.15) is 5.15 Å². The second-order valence-corrected chi connectivity index (χ2v) is 6.53. The molecule has 0 fully saturated rings. The van der Waals surface area contributed by atoms with E-state index < -0.39 is 0 Å². The number of aromatic nitrogens is 1. The van der Waals surface area contributed by atoms with Crippen molar-refractivity contribution >= 4 is 38.4 Å². The van der Waals surface area contributed by atoms with Gasteiger partial charge in [-0.05, 0) is 35.6 Å². The summed E-state index contributed by atoms with van der Waals surface area (Å²) in [6, 6.07) is 6.27. The first-order chi connectivity index (χ1) is 7.80. The van der Waals surface area contributed by atoms with Crippen LogP contribution in [0.5, 0.6) is 0 Å². The molecule has 90 valence electrons. The summed E-state index contributed by atoms with van der Waals surface area (Å²) in [5.41, 5.74) is 3.20. The molecule has 0 spiro atoms. The van der Waals surface area contributed by atoms with Gasteiger partial charge < -0.3 is 0 Å². The third kappa shape index (κ3) is 2.34. The van der Waals surface area contributed by atoms with E-state index in [4.69, 9.17) is 11.6 Å². The van der Waals surface area contributed by atoms with Crippen molar-refractivity contribution < 1.29 is 0 Å². The minimum absolute atomic E-state index is 0.0131. The van der Waals surface area contributed by atoms with Crippen LogP contribution in [0.15, 0.2) is 22.7 Å². The summed E-state index contributed by atoms with van der Waals surface area (Å²) in [4.78, 5) is 4.54. The van der Waals surface area contributed by atoms with Crippen LogP contribution >= 0.6 is 27.5 Å². The van der Waals surface area contributed by atoms with Gasteiger partial charge >= 0.3 is 0 Å². The molecule has 3 heteroatoms. The van der Waals surface area contributed by atoms with Crippen molar-refractivity contribution in [3.05, 3.63) is 39.0 Å². The quantitative estimate of drug-likeness (QED) is 0.605. The number of nitrogens with zero attached hydrogens (tertiary/aromatic N) is 1. The highest BCUT2D eigenvalue weighted by Gasteiger charge is 2.19. The highest BCUT2D eigenvalue weighted by molar-refractivity contribution is 9.10. The van der Waals surface area contributed by atoms with E-state index in [-0.39, 0.29) is 5.41 Å². The summed E-state index contributed by atoms with van der Waals surface area (Å²) in [5.74, 6) is 0. The van der Waals surface area contributed by atoms with Gasteiger partial charge in [0.25, 0.3) is 0 Å². The third-order valence-corrected chi connectivity index (χ3v) is 4.08. The largest absolute Gasteiger partial charge is 0.235 e. The Morgan fingerprint density at radius 2 is 1.88 bits per heavy atom. The van der Waals surface area contributed by atoms with E-state index in [9.17, 15) is 0 Å². The van der Waals surface area contributed by atoms with Gasteiger partial charge in [0.2, 0.25) is 0 Å². The monoisotopic (exact) mass is 311 g/mol. The maximum atomic E-state index is 6.29. The van der Waals surface area contributed by atoms with Crippen molar-refractivity contribution in [3.8, 4) is 0 Å². The lowest BCUT2D eigenvalue weighted by Crippen LogP contribution is -2.12. The van der Waals surface area contributed by atoms with Crippen LogP contribution in [0.4, 0.5) is 0 Å². The van der Waals surface area contributed by atoms with Crippen LogP contribution < -0.4 is 0 Å². The van der Waals surface area contributed by atoms with Crippen LogP contribution in [0.3, 0.4) is 0 Å². The molecule has 2 aromatic rings. The van der Waals surface area contributed by atoms with Crippen molar-refractivity contribution in [1.82, 2.24) is 4.98 Å². The lowest BCUT2D eigenvalue weighted by molar-refractivity contribution is 0.589. The fourth-order valence-corrected chi connectivity index (χ4v) is 2.60. The van der Waals surface area contributed by atoms with Crippen molar-refractivity contribution in [2.24, 2.45) is 0 Å². The average molecular weight is 313 g/mol. The average Bonchev–Trinajstić information content (AvgIpc) is 2.22. The molecule has 1 aromatic heterocycles. The molecule has 0 atom stereocenters. The van der Waals surface area contributed by atoms with E-state index in [2.05, 4.69) is 59.9 Å². The highest BCUT2D eigenvalue weighted by atomic mass is 79.9. The molecule has 0 N–H and O–H groups in total. The molecule has 0 bridgehead atoms. The van der Waals surface area contributed by atoms with Gasteiger partial charge in [-0.3, -0.25) is 0 Å². The lowest BCUT2D eigenvalue weighted by atomic mass is 9.87. The van der Waals surface area contributed by atoms with Crippen LogP contribution in [-0.2, 0) is 5.41 Å². The van der Waals surface area contributed by atoms with Gasteiger partial charge in [0.15, 0.2) is 0 Å². The number of fused-ring (bicyclic) bond motifs is 1. The molecule has 0 aliphatic heterocycles. The van der Waals surface area contributed by atoms with Gasteiger partial charge in [-0.25, -0.2) is 4.98 Å². The topological polar surface area (TPSA) is 12.9 Å². The molecule has 0 radical (unpaired) electrons. The van der Waals surface area contributed by atoms with Gasteiger partial charge in [0.05, 0.1) is 5.52 Å². The van der Waals surface area contributed by atoms with Crippen molar-refractivity contribution in [3.63, 3.8) is 0 Å². The molecule has 0 aliphatic carbocycles. The second kappa shape index (κ2) is 4.25. The van der Waals surface area contributed by atoms with E-state index >= 15 is 0 Å². The molecule has 1 heterocycles. The summed E-state index contributed by atoms with van der Waals surface area (Å²) in [6.45, 7) is 8.49. The molecular weight excluding hydrogens is 298 g/mol. The van der Waals surface area contributed by atoms with E-state index in [1.807, 2.05) is 6.92 Å². The van der Waals surface area contributed by atoms with Gasteiger partial charge in [0, 0.05) is 9.86 Å². The molecule has 17 heavy (non-hydrogen) atoms. The summed E-state index contributed by atoms with van der Waals surface area (Å²) >= 11 is 9.80. The van der Waals surface area contributed by atoms with E-state index in [1.165, 1.54) is 0 Å². The number of benzene rings is 1. The van der Waals surface area contributed by atoms with Crippen LogP contribution in [0.1, 0.15) is 31.9 Å². The van der Waals surface area contributed by atoms with Crippen molar-refractivity contribution in [2.75, 3.05) is 0 Å². The van der Waals surface area contributed by atoms with Crippen LogP contribution in [0.2, 0.25) is 5.15 Å². The first kappa shape index (κ1) is 12.8. The van der Waals surface area contributed by atoms with E-state index in [1.54, 1.807) is 0 Å². The van der Waals surface area contributed by atoms with Crippen LogP contribution in [-0.4, -0.2) is 4.98 Å². The molecule has 0 amide bonds. The summed E-state index contributed by atoms with van der Waals surface area (Å²) in [6.07, 6.45) is 0. The molecule has 0 saturated heterocycles. The molecule has 2 rings (SSSR count). The predicted octanol–water partition coefficient (Wildman–Crippen LogP) is 5.26. The van der Waals surface area contributed by atoms with Crippen LogP contribution in [0.25, 0.3) is 10.9 Å². The number of rotatable bonds is 0. The fraction of sp³-hybridized carbons (Fsp3) is 0.357. The Hall–Kier alpha value is -0.600. The Bertz CT molecular complexity index is 585. The standard InChI is InChI=1S/C14H15BrClN/c1-8-11(15)6-5-9-7-10(14(2,3)4)13(16)17-12(8)9/h5-7H,1-4H3. The lowest BCUT2D eigenvalue weighted by Gasteiger charge is -2.21. The SMILES string of the molecule is Cc1c(Br)ccc2cc(C(C)(C)C)c(Cl)nc12. The first-order valence-electron chi connectivity index (χ1n) is 5.56. The predicted molar refractivity (Wildman–Crippen MR) is 77.9 cm³/mol. The molecule has 0 unspecified atom stereocenters. The summed E-state index contributed by atoms with van der Waals surface area (Å²) in [5, 5.41) is 1.74. The minimum atomic E-state index is 0.0131. The first-order valence-corrected chi connectivity index (χ1v) is 6.73. The number of hydrogen-bond donors (Lipinski definition) is 0. The van der Waals surface area contributed by atoms with Crippen molar-refractivity contribution in [1.29, 1.82) is 0 Å². The molecular formula is C14H15BrClN. The van der Waals surface area contributed by atoms with E-state index in [0.29, 0.717) is 5.15 Å². The fourth-order valence-electron chi connectivity index (χ4n) is 1.86. The van der Waals surface area contributed by atoms with Crippen molar-refractivity contribution in [2.45, 2.75) is 33.1 Å². The maximum absolute atomic E-state index is 6.29. The zero-order valence-corrected chi connectivity index (χ0v) is 12.8. The molecule has 1 nitrogen and oxygen atoms in total. The Balaban J connectivity index is 2.80. The number of halogens is 2. The van der Waals surface area contributed by atoms with Gasteiger partial charge in [-0.1, -0.05) is 54.4 Å². The number of aryl methyl sites for hydroxylation is 1. The highest BCUT2D eigenvalue weighted by Crippen LogP contribution is 2.33. The normalized spacial score (nSPS) is 12.1. The smallest absolute Gasteiger partial charge is 0.133 e. The van der Waals surface area contributed by atoms with Crippen LogP contribution in [0, 0.1) is 6.92 Å². The Morgan fingerprint density at radius 1 is 1.24 bits per heavy atom. The zero-order valence-electron chi connectivity index (χ0n) is 10.4.